The average Bonchev–Trinajstić information content (AvgIpc) is 2.78. The van der Waals surface area contributed by atoms with Crippen LogP contribution >= 0.6 is 0 Å². The molecule has 2 rings (SSSR count). The fraction of sp³-hybridized carbons (Fsp3) is 0.536. The first-order valence-electron chi connectivity index (χ1n) is 12.3. The maximum Gasteiger partial charge on any atom is 0.107 e. The Morgan fingerprint density at radius 3 is 1.60 bits per heavy atom. The number of nitrogens with zero attached hydrogens (tertiary/aromatic N) is 1. The predicted molar refractivity (Wildman–Crippen MR) is 134 cm³/mol. The van der Waals surface area contributed by atoms with Gasteiger partial charge in [0.25, 0.3) is 0 Å². The Bertz CT molecular complexity index is 664. The summed E-state index contributed by atoms with van der Waals surface area (Å²) >= 11 is 0. The molecule has 2 aromatic rings. The summed E-state index contributed by atoms with van der Waals surface area (Å²) in [5, 5.41) is 3.52. The van der Waals surface area contributed by atoms with E-state index in [0.717, 1.165) is 23.6 Å². The number of benzene rings is 2. The number of hydrogen-bond donors (Lipinski definition) is 1. The van der Waals surface area contributed by atoms with Gasteiger partial charge in [0, 0.05) is 12.1 Å². The van der Waals surface area contributed by atoms with Crippen molar-refractivity contribution in [3.63, 3.8) is 0 Å². The molecule has 0 aromatic heterocycles. The van der Waals surface area contributed by atoms with Crippen molar-refractivity contribution in [1.29, 1.82) is 0 Å². The third-order valence-electron chi connectivity index (χ3n) is 5.60. The lowest BCUT2D eigenvalue weighted by molar-refractivity contribution is 0.541. The van der Waals surface area contributed by atoms with Gasteiger partial charge < -0.3 is 5.32 Å². The highest BCUT2D eigenvalue weighted by Crippen LogP contribution is 2.16. The van der Waals surface area contributed by atoms with E-state index in [4.69, 9.17) is 4.99 Å². The van der Waals surface area contributed by atoms with E-state index in [2.05, 4.69) is 48.6 Å². The number of anilines is 1. The number of nitrogens with one attached hydrogen (secondary N) is 1. The topological polar surface area (TPSA) is 24.4 Å². The summed E-state index contributed by atoms with van der Waals surface area (Å²) in [7, 11) is 0. The van der Waals surface area contributed by atoms with E-state index in [-0.39, 0.29) is 0 Å². The van der Waals surface area contributed by atoms with Crippen LogP contribution in [0.15, 0.2) is 65.7 Å². The number of para-hydroxylation sites is 2. The number of amidine groups is 1. The molecule has 0 amide bonds. The summed E-state index contributed by atoms with van der Waals surface area (Å²) in [6, 6.07) is 20.6. The first-order chi connectivity index (χ1) is 14.9. The number of rotatable bonds is 16. The minimum absolute atomic E-state index is 1.00. The summed E-state index contributed by atoms with van der Waals surface area (Å²) in [5.41, 5.74) is 2.13. The van der Waals surface area contributed by atoms with Crippen LogP contribution in [0.25, 0.3) is 0 Å². The Hall–Kier alpha value is -2.09. The molecule has 0 fully saturated rings. The fourth-order valence-electron chi connectivity index (χ4n) is 3.80. The third-order valence-corrected chi connectivity index (χ3v) is 5.60. The summed E-state index contributed by atoms with van der Waals surface area (Å²) in [5.74, 6) is 1.07. The van der Waals surface area contributed by atoms with Gasteiger partial charge in [-0.3, -0.25) is 0 Å². The molecule has 2 nitrogen and oxygen atoms in total. The van der Waals surface area contributed by atoms with Crippen LogP contribution in [-0.4, -0.2) is 5.84 Å². The molecule has 164 valence electrons. The van der Waals surface area contributed by atoms with Crippen LogP contribution < -0.4 is 5.32 Å². The minimum Gasteiger partial charge on any atom is -0.344 e. The van der Waals surface area contributed by atoms with Gasteiger partial charge in [-0.1, -0.05) is 120 Å². The standard InChI is InChI=1S/C28H42N2/c1-2-3-4-5-6-7-8-9-10-11-12-13-20-25-28(29-26-21-16-14-17-22-26)30-27-23-18-15-19-24-27/h14-19,21-24H,2-13,20,25H2,1H3,(H,29,30). The highest BCUT2D eigenvalue weighted by Gasteiger charge is 2.02. The van der Waals surface area contributed by atoms with E-state index < -0.39 is 0 Å². The maximum absolute atomic E-state index is 4.85. The Morgan fingerprint density at radius 1 is 0.600 bits per heavy atom. The van der Waals surface area contributed by atoms with E-state index in [0.29, 0.717) is 0 Å². The van der Waals surface area contributed by atoms with Crippen molar-refractivity contribution in [2.24, 2.45) is 4.99 Å². The predicted octanol–water partition coefficient (Wildman–Crippen LogP) is 9.31. The zero-order chi connectivity index (χ0) is 21.1. The summed E-state index contributed by atoms with van der Waals surface area (Å²) < 4.78 is 0. The van der Waals surface area contributed by atoms with Crippen LogP contribution in [0.2, 0.25) is 0 Å². The van der Waals surface area contributed by atoms with Crippen molar-refractivity contribution < 1.29 is 0 Å². The lowest BCUT2D eigenvalue weighted by atomic mass is 10.0. The van der Waals surface area contributed by atoms with Crippen LogP contribution in [0, 0.1) is 0 Å². The summed E-state index contributed by atoms with van der Waals surface area (Å²) in [4.78, 5) is 4.85. The van der Waals surface area contributed by atoms with Crippen molar-refractivity contribution in [3.05, 3.63) is 60.7 Å². The van der Waals surface area contributed by atoms with Gasteiger partial charge in [0.1, 0.15) is 5.84 Å². The molecule has 0 saturated heterocycles. The van der Waals surface area contributed by atoms with Crippen LogP contribution in [0.3, 0.4) is 0 Å². The molecule has 0 saturated carbocycles. The molecule has 0 atom stereocenters. The molecule has 0 unspecified atom stereocenters. The molecular weight excluding hydrogens is 364 g/mol. The van der Waals surface area contributed by atoms with Crippen LogP contribution in [0.5, 0.6) is 0 Å². The van der Waals surface area contributed by atoms with Crippen LogP contribution in [0.1, 0.15) is 96.8 Å². The fourth-order valence-corrected chi connectivity index (χ4v) is 3.80. The van der Waals surface area contributed by atoms with Gasteiger partial charge in [0.2, 0.25) is 0 Å². The van der Waals surface area contributed by atoms with Crippen molar-refractivity contribution in [2.45, 2.75) is 96.8 Å². The van der Waals surface area contributed by atoms with E-state index >= 15 is 0 Å². The zero-order valence-electron chi connectivity index (χ0n) is 19.1. The second kappa shape index (κ2) is 16.7. The lowest BCUT2D eigenvalue weighted by Crippen LogP contribution is -2.11. The third kappa shape index (κ3) is 11.8. The Kier molecular flexibility index (Phi) is 13.4. The van der Waals surface area contributed by atoms with Crippen molar-refractivity contribution in [3.8, 4) is 0 Å². The number of unbranched alkanes of at least 4 members (excludes halogenated alkanes) is 12. The quantitative estimate of drug-likeness (QED) is 0.168. The molecule has 0 bridgehead atoms. The highest BCUT2D eigenvalue weighted by atomic mass is 15.0. The molecule has 2 aromatic carbocycles. The van der Waals surface area contributed by atoms with Crippen molar-refractivity contribution >= 4 is 17.2 Å². The number of hydrogen-bond acceptors (Lipinski definition) is 1. The molecule has 0 aliphatic rings. The molecule has 1 N–H and O–H groups in total. The summed E-state index contributed by atoms with van der Waals surface area (Å²) in [6.07, 6.45) is 19.0. The van der Waals surface area contributed by atoms with Gasteiger partial charge in [0.05, 0.1) is 5.69 Å². The van der Waals surface area contributed by atoms with E-state index in [1.807, 2.05) is 24.3 Å². The molecule has 0 aliphatic heterocycles. The first kappa shape index (κ1) is 24.2. The largest absolute Gasteiger partial charge is 0.344 e. The molecular formula is C28H42N2. The van der Waals surface area contributed by atoms with Crippen LogP contribution in [-0.2, 0) is 0 Å². The first-order valence-corrected chi connectivity index (χ1v) is 12.3. The second-order valence-corrected chi connectivity index (χ2v) is 8.38. The molecule has 0 aliphatic carbocycles. The van der Waals surface area contributed by atoms with Gasteiger partial charge in [-0.25, -0.2) is 4.99 Å². The average molecular weight is 407 g/mol. The van der Waals surface area contributed by atoms with Crippen LogP contribution in [0.4, 0.5) is 11.4 Å². The van der Waals surface area contributed by atoms with Gasteiger partial charge in [-0.05, 0) is 30.7 Å². The van der Waals surface area contributed by atoms with Crippen molar-refractivity contribution in [1.82, 2.24) is 0 Å². The monoisotopic (exact) mass is 406 g/mol. The molecule has 0 radical (unpaired) electrons. The molecule has 0 heterocycles. The van der Waals surface area contributed by atoms with E-state index in [1.165, 1.54) is 83.5 Å². The lowest BCUT2D eigenvalue weighted by Gasteiger charge is -2.10. The highest BCUT2D eigenvalue weighted by molar-refractivity contribution is 5.97. The van der Waals surface area contributed by atoms with Gasteiger partial charge in [0.15, 0.2) is 0 Å². The second-order valence-electron chi connectivity index (χ2n) is 8.38. The van der Waals surface area contributed by atoms with E-state index in [1.54, 1.807) is 0 Å². The SMILES string of the molecule is CCCCCCCCCCCCCCCC(=Nc1ccccc1)Nc1ccccc1. The Morgan fingerprint density at radius 2 is 1.07 bits per heavy atom. The van der Waals surface area contributed by atoms with Gasteiger partial charge >= 0.3 is 0 Å². The zero-order valence-corrected chi connectivity index (χ0v) is 19.1. The van der Waals surface area contributed by atoms with Gasteiger partial charge in [-0.2, -0.15) is 0 Å². The van der Waals surface area contributed by atoms with Crippen molar-refractivity contribution in [2.75, 3.05) is 5.32 Å². The minimum atomic E-state index is 1.00. The molecule has 30 heavy (non-hydrogen) atoms. The number of aliphatic imine (C=N–C) groups is 1. The van der Waals surface area contributed by atoms with Gasteiger partial charge in [-0.15, -0.1) is 0 Å². The Balaban J connectivity index is 1.60. The molecule has 0 spiro atoms. The molecule has 2 heteroatoms. The Labute approximate surface area is 185 Å². The normalized spacial score (nSPS) is 11.6. The smallest absolute Gasteiger partial charge is 0.107 e. The summed E-state index contributed by atoms with van der Waals surface area (Å²) in [6.45, 7) is 2.29. The van der Waals surface area contributed by atoms with E-state index in [9.17, 15) is 0 Å². The maximum atomic E-state index is 4.85.